The van der Waals surface area contributed by atoms with Gasteiger partial charge in [-0.3, -0.25) is 0 Å². The van der Waals surface area contributed by atoms with Gasteiger partial charge in [-0.15, -0.1) is 0 Å². The van der Waals surface area contributed by atoms with Crippen LogP contribution in [0.25, 0.3) is 0 Å². The van der Waals surface area contributed by atoms with Gasteiger partial charge in [-0.05, 0) is 111 Å². The fourth-order valence-electron chi connectivity index (χ4n) is 7.31. The second kappa shape index (κ2) is 15.0. The van der Waals surface area contributed by atoms with Crippen LogP contribution in [0.15, 0.2) is 22.8 Å². The Kier molecular flexibility index (Phi) is 12.1. The van der Waals surface area contributed by atoms with Crippen LogP contribution >= 0.6 is 15.9 Å². The molecule has 43 heavy (non-hydrogen) atoms. The summed E-state index contributed by atoms with van der Waals surface area (Å²) in [6, 6.07) is 3.69. The predicted octanol–water partition coefficient (Wildman–Crippen LogP) is 7.87. The number of aliphatic hydroxyl groups is 1. The van der Waals surface area contributed by atoms with Crippen LogP contribution in [0.2, 0.25) is 0 Å². The zero-order valence-corrected chi connectivity index (χ0v) is 26.5. The minimum atomic E-state index is -4.09. The number of hydrogen-bond donors (Lipinski definition) is 1. The number of aromatic nitrogens is 1. The standard InChI is InChI=1S/C18H24BrF3N2O.C13H22F3NO/c19-15-3-4-16(23-11-15)25-12-14-5-9-24(10-6-14)13-17(18(20,21)22)7-1-2-8-17;14-13(15,16)12(5-1-2-6-12)10-17-7-3-11(9-18)4-8-17/h3-4,11,14H,1-2,5-10,12-13H2;11,18H,1-10H2. The summed E-state index contributed by atoms with van der Waals surface area (Å²) in [5, 5.41) is 9.04. The molecule has 0 bridgehead atoms. The Hall–Kier alpha value is -1.11. The minimum Gasteiger partial charge on any atom is -0.477 e. The third-order valence-electron chi connectivity index (χ3n) is 10.2. The number of likely N-dealkylation sites (tertiary alicyclic amines) is 2. The Morgan fingerprint density at radius 1 is 0.767 bits per heavy atom. The van der Waals surface area contributed by atoms with Crippen molar-refractivity contribution in [3.05, 3.63) is 22.8 Å². The summed E-state index contributed by atoms with van der Waals surface area (Å²) in [6.07, 6.45) is 0.887. The van der Waals surface area contributed by atoms with Crippen LogP contribution in [-0.4, -0.2) is 84.7 Å². The molecule has 5 rings (SSSR count). The maximum absolute atomic E-state index is 13.5. The number of piperidine rings is 2. The average Bonchev–Trinajstić information content (AvgIpc) is 3.66. The fourth-order valence-corrected chi connectivity index (χ4v) is 7.55. The molecule has 4 aliphatic rings. The molecule has 0 amide bonds. The Morgan fingerprint density at radius 3 is 1.58 bits per heavy atom. The third kappa shape index (κ3) is 9.22. The Labute approximate surface area is 259 Å². The summed E-state index contributed by atoms with van der Waals surface area (Å²) in [5.41, 5.74) is -2.93. The molecule has 2 aliphatic heterocycles. The summed E-state index contributed by atoms with van der Waals surface area (Å²) < 4.78 is 86.9. The lowest BCUT2D eigenvalue weighted by Crippen LogP contribution is -2.48. The van der Waals surface area contributed by atoms with E-state index in [1.807, 2.05) is 21.9 Å². The first-order valence-corrected chi connectivity index (χ1v) is 16.6. The average molecular weight is 687 g/mol. The van der Waals surface area contributed by atoms with Gasteiger partial charge in [-0.1, -0.05) is 25.7 Å². The molecule has 2 saturated carbocycles. The Balaban J connectivity index is 0.000000208. The van der Waals surface area contributed by atoms with E-state index >= 15 is 0 Å². The first-order valence-electron chi connectivity index (χ1n) is 15.8. The number of rotatable bonds is 8. The molecular formula is C31H46BrF6N3O2. The van der Waals surface area contributed by atoms with Crippen molar-refractivity contribution in [2.75, 3.05) is 52.5 Å². The number of hydrogen-bond acceptors (Lipinski definition) is 5. The normalized spacial score (nSPS) is 24.1. The molecular weight excluding hydrogens is 640 g/mol. The number of ether oxygens (including phenoxy) is 1. The zero-order chi connectivity index (χ0) is 31.1. The highest BCUT2D eigenvalue weighted by atomic mass is 79.9. The highest BCUT2D eigenvalue weighted by Crippen LogP contribution is 2.52. The van der Waals surface area contributed by atoms with Crippen molar-refractivity contribution in [2.45, 2.75) is 89.4 Å². The number of halogens is 7. The maximum atomic E-state index is 13.5. The topological polar surface area (TPSA) is 48.8 Å². The van der Waals surface area contributed by atoms with E-state index in [0.717, 1.165) is 43.2 Å². The smallest absolute Gasteiger partial charge is 0.395 e. The molecule has 1 aromatic heterocycles. The van der Waals surface area contributed by atoms with E-state index in [1.54, 1.807) is 6.20 Å². The molecule has 2 saturated heterocycles. The predicted molar refractivity (Wildman–Crippen MR) is 157 cm³/mol. The van der Waals surface area contributed by atoms with E-state index in [9.17, 15) is 26.3 Å². The Bertz CT molecular complexity index is 965. The summed E-state index contributed by atoms with van der Waals surface area (Å²) in [5.74, 6) is 1.26. The van der Waals surface area contributed by atoms with Crippen molar-refractivity contribution in [2.24, 2.45) is 22.7 Å². The van der Waals surface area contributed by atoms with E-state index in [-0.39, 0.29) is 51.3 Å². The molecule has 1 aromatic rings. The number of alkyl halides is 6. The summed E-state index contributed by atoms with van der Waals surface area (Å²) in [6.45, 7) is 3.91. The van der Waals surface area contributed by atoms with Gasteiger partial charge in [0.2, 0.25) is 5.88 Å². The zero-order valence-electron chi connectivity index (χ0n) is 24.9. The van der Waals surface area contributed by atoms with Crippen molar-refractivity contribution in [1.29, 1.82) is 0 Å². The largest absolute Gasteiger partial charge is 0.477 e. The maximum Gasteiger partial charge on any atom is 0.395 e. The van der Waals surface area contributed by atoms with Gasteiger partial charge < -0.3 is 19.6 Å². The molecule has 3 heterocycles. The molecule has 246 valence electrons. The first-order chi connectivity index (χ1) is 20.3. The van der Waals surface area contributed by atoms with E-state index in [1.165, 1.54) is 0 Å². The van der Waals surface area contributed by atoms with Gasteiger partial charge in [0.25, 0.3) is 0 Å². The van der Waals surface area contributed by atoms with Crippen molar-refractivity contribution < 1.29 is 36.2 Å². The molecule has 0 radical (unpaired) electrons. The first kappa shape index (κ1) is 34.8. The lowest BCUT2D eigenvalue weighted by atomic mass is 9.83. The van der Waals surface area contributed by atoms with Crippen LogP contribution < -0.4 is 4.74 Å². The van der Waals surface area contributed by atoms with Gasteiger partial charge in [-0.2, -0.15) is 26.3 Å². The van der Waals surface area contributed by atoms with Crippen LogP contribution in [0.4, 0.5) is 26.3 Å². The number of pyridine rings is 1. The summed E-state index contributed by atoms with van der Waals surface area (Å²) in [7, 11) is 0. The third-order valence-corrected chi connectivity index (χ3v) is 10.7. The van der Waals surface area contributed by atoms with Crippen LogP contribution in [0.3, 0.4) is 0 Å². The highest BCUT2D eigenvalue weighted by Gasteiger charge is 2.57. The fraction of sp³-hybridized carbons (Fsp3) is 0.839. The van der Waals surface area contributed by atoms with Gasteiger partial charge >= 0.3 is 12.4 Å². The highest BCUT2D eigenvalue weighted by molar-refractivity contribution is 9.10. The van der Waals surface area contributed by atoms with Crippen molar-refractivity contribution in [1.82, 2.24) is 14.8 Å². The SMILES string of the molecule is FC(F)(F)C1(CN2CCC(COc3ccc(Br)cn3)CC2)CCCC1.OCC1CCN(CC2(C(F)(F)F)CCCC2)CC1. The van der Waals surface area contributed by atoms with E-state index in [4.69, 9.17) is 9.84 Å². The lowest BCUT2D eigenvalue weighted by Gasteiger charge is -2.40. The number of nitrogens with zero attached hydrogens (tertiary/aromatic N) is 3. The Morgan fingerprint density at radius 2 is 1.21 bits per heavy atom. The van der Waals surface area contributed by atoms with Gasteiger partial charge in [0.1, 0.15) is 0 Å². The van der Waals surface area contributed by atoms with Gasteiger partial charge in [0, 0.05) is 36.4 Å². The monoisotopic (exact) mass is 685 g/mol. The molecule has 0 atom stereocenters. The number of aliphatic hydroxyl groups excluding tert-OH is 1. The van der Waals surface area contributed by atoms with Gasteiger partial charge in [0.15, 0.2) is 0 Å². The molecule has 4 fully saturated rings. The van der Waals surface area contributed by atoms with Crippen LogP contribution in [-0.2, 0) is 0 Å². The molecule has 12 heteroatoms. The molecule has 0 spiro atoms. The second-order valence-corrected chi connectivity index (χ2v) is 14.1. The van der Waals surface area contributed by atoms with Crippen LogP contribution in [0, 0.1) is 22.7 Å². The quantitative estimate of drug-likeness (QED) is 0.282. The van der Waals surface area contributed by atoms with Gasteiger partial charge in [-0.25, -0.2) is 4.98 Å². The van der Waals surface area contributed by atoms with Crippen molar-refractivity contribution >= 4 is 15.9 Å². The molecule has 2 aliphatic carbocycles. The minimum absolute atomic E-state index is 0.161. The molecule has 5 nitrogen and oxygen atoms in total. The van der Waals surface area contributed by atoms with Crippen LogP contribution in [0.1, 0.15) is 77.0 Å². The van der Waals surface area contributed by atoms with Crippen molar-refractivity contribution in [3.8, 4) is 5.88 Å². The molecule has 0 unspecified atom stereocenters. The van der Waals surface area contributed by atoms with Gasteiger partial charge in [0.05, 0.1) is 17.4 Å². The molecule has 0 aromatic carbocycles. The van der Waals surface area contributed by atoms with Crippen LogP contribution in [0.5, 0.6) is 5.88 Å². The summed E-state index contributed by atoms with van der Waals surface area (Å²) >= 11 is 3.33. The van der Waals surface area contributed by atoms with E-state index < -0.39 is 23.2 Å². The van der Waals surface area contributed by atoms with E-state index in [2.05, 4.69) is 20.9 Å². The lowest BCUT2D eigenvalue weighted by molar-refractivity contribution is -0.229. The van der Waals surface area contributed by atoms with E-state index in [0.29, 0.717) is 57.2 Å². The molecule has 1 N–H and O–H groups in total. The summed E-state index contributed by atoms with van der Waals surface area (Å²) in [4.78, 5) is 8.13. The van der Waals surface area contributed by atoms with Crippen molar-refractivity contribution in [3.63, 3.8) is 0 Å². The second-order valence-electron chi connectivity index (χ2n) is 13.2.